The molecule has 236 valence electrons. The van der Waals surface area contributed by atoms with Gasteiger partial charge in [0.05, 0.1) is 47.0 Å². The average Bonchev–Trinajstić information content (AvgIpc) is 3.01. The van der Waals surface area contributed by atoms with Crippen LogP contribution >= 0.6 is 0 Å². The number of ketones is 2. The largest absolute Gasteiger partial charge is 0.311 e. The molecule has 12 nitrogen and oxygen atoms in total. The molecule has 46 heavy (non-hydrogen) atoms. The van der Waals surface area contributed by atoms with E-state index in [9.17, 15) is 19.2 Å². The Morgan fingerprint density at radius 3 is 1.41 bits per heavy atom. The number of anilines is 2. The minimum atomic E-state index is -0.219. The van der Waals surface area contributed by atoms with Crippen LogP contribution in [0.15, 0.2) is 60.7 Å². The van der Waals surface area contributed by atoms with Crippen LogP contribution < -0.4 is 10.6 Å². The zero-order valence-electron chi connectivity index (χ0n) is 25.9. The van der Waals surface area contributed by atoms with Gasteiger partial charge < -0.3 is 10.6 Å². The zero-order chi connectivity index (χ0) is 32.5. The van der Waals surface area contributed by atoms with Gasteiger partial charge in [-0.2, -0.15) is 20.4 Å². The maximum atomic E-state index is 12.7. The Labute approximate surface area is 266 Å². The molecule has 2 atom stereocenters. The number of nitrogens with one attached hydrogen (secondary N) is 2. The lowest BCUT2D eigenvalue weighted by molar-refractivity contribution is -0.118. The van der Waals surface area contributed by atoms with Crippen LogP contribution in [0, 0.1) is 0 Å². The van der Waals surface area contributed by atoms with E-state index in [0.29, 0.717) is 34.4 Å². The minimum Gasteiger partial charge on any atom is -0.311 e. The Kier molecular flexibility index (Phi) is 10.6. The normalized spacial score (nSPS) is 16.0. The molecule has 1 saturated carbocycles. The summed E-state index contributed by atoms with van der Waals surface area (Å²) in [5.74, 6) is 0.768. The van der Waals surface area contributed by atoms with Gasteiger partial charge in [0.25, 0.3) is 0 Å². The van der Waals surface area contributed by atoms with Gasteiger partial charge in [0.15, 0.2) is 0 Å². The Morgan fingerprint density at radius 1 is 0.587 bits per heavy atom. The Balaban J connectivity index is 1.12. The van der Waals surface area contributed by atoms with Crippen molar-refractivity contribution in [2.24, 2.45) is 0 Å². The third kappa shape index (κ3) is 9.37. The van der Waals surface area contributed by atoms with Gasteiger partial charge >= 0.3 is 0 Å². The molecule has 0 saturated heterocycles. The molecule has 2 N–H and O–H groups in total. The number of Topliss-reactive ketones (excluding diaryl/α,β-unsaturated/α-hetero) is 2. The number of carbonyl (C=O) groups excluding carboxylic acids is 4. The predicted octanol–water partition coefficient (Wildman–Crippen LogP) is 4.12. The maximum absolute atomic E-state index is 12.7. The van der Waals surface area contributed by atoms with Crippen LogP contribution in [0.3, 0.4) is 0 Å². The number of pyridine rings is 2. The van der Waals surface area contributed by atoms with E-state index in [-0.39, 0.29) is 60.9 Å². The first kappa shape index (κ1) is 32.1. The SMILES string of the molecule is CC(=O)Nc1cccc(CC(=O)Cc2ccc([C@H]3CCC[C@H](c4ccc(CC(=O)Cc5cccc(NC(C)=O)n5)nn4)C3)nn2)n1. The van der Waals surface area contributed by atoms with Gasteiger partial charge in [0, 0.05) is 38.5 Å². The molecular formula is C34H36N8O4. The van der Waals surface area contributed by atoms with E-state index in [0.717, 1.165) is 37.1 Å². The monoisotopic (exact) mass is 620 g/mol. The summed E-state index contributed by atoms with van der Waals surface area (Å²) in [6.07, 6.45) is 4.46. The highest BCUT2D eigenvalue weighted by Gasteiger charge is 2.27. The molecule has 0 aliphatic heterocycles. The third-order valence-electron chi connectivity index (χ3n) is 7.73. The van der Waals surface area contributed by atoms with Gasteiger partial charge in [-0.3, -0.25) is 19.2 Å². The van der Waals surface area contributed by atoms with Crippen molar-refractivity contribution in [2.45, 2.75) is 77.0 Å². The molecule has 0 bridgehead atoms. The third-order valence-corrected chi connectivity index (χ3v) is 7.73. The quantitative estimate of drug-likeness (QED) is 0.235. The topological polar surface area (TPSA) is 170 Å². The average molecular weight is 621 g/mol. The first-order valence-corrected chi connectivity index (χ1v) is 15.4. The summed E-state index contributed by atoms with van der Waals surface area (Å²) in [6, 6.07) is 18.0. The van der Waals surface area contributed by atoms with E-state index in [2.05, 4.69) is 41.0 Å². The second-order valence-corrected chi connectivity index (χ2v) is 11.6. The molecule has 0 spiro atoms. The Morgan fingerprint density at radius 2 is 1.02 bits per heavy atom. The number of rotatable bonds is 12. The van der Waals surface area contributed by atoms with E-state index in [1.807, 2.05) is 24.3 Å². The highest BCUT2D eigenvalue weighted by molar-refractivity contribution is 5.88. The highest BCUT2D eigenvalue weighted by atomic mass is 16.2. The maximum Gasteiger partial charge on any atom is 0.222 e. The fraction of sp³-hybridized carbons (Fsp3) is 0.353. The van der Waals surface area contributed by atoms with Crippen LogP contribution in [0.2, 0.25) is 0 Å². The first-order valence-electron chi connectivity index (χ1n) is 15.4. The molecule has 4 aromatic rings. The lowest BCUT2D eigenvalue weighted by Gasteiger charge is -2.28. The number of aromatic nitrogens is 6. The number of amides is 2. The van der Waals surface area contributed by atoms with Gasteiger partial charge in [-0.1, -0.05) is 18.6 Å². The summed E-state index contributed by atoms with van der Waals surface area (Å²) in [7, 11) is 0. The fourth-order valence-electron chi connectivity index (χ4n) is 5.68. The lowest BCUT2D eigenvalue weighted by atomic mass is 9.78. The molecule has 1 aliphatic rings. The number of carbonyl (C=O) groups is 4. The van der Waals surface area contributed by atoms with E-state index >= 15 is 0 Å². The van der Waals surface area contributed by atoms with Crippen LogP contribution in [0.5, 0.6) is 0 Å². The molecular weight excluding hydrogens is 584 g/mol. The van der Waals surface area contributed by atoms with Gasteiger partial charge in [0.1, 0.15) is 23.2 Å². The molecule has 5 rings (SSSR count). The molecule has 1 aliphatic carbocycles. The molecule has 12 heteroatoms. The van der Waals surface area contributed by atoms with Gasteiger partial charge in [-0.25, -0.2) is 9.97 Å². The van der Waals surface area contributed by atoms with Gasteiger partial charge in [-0.15, -0.1) is 0 Å². The van der Waals surface area contributed by atoms with Crippen molar-refractivity contribution in [3.63, 3.8) is 0 Å². The molecule has 0 unspecified atom stereocenters. The van der Waals surface area contributed by atoms with Crippen LogP contribution in [0.4, 0.5) is 11.6 Å². The van der Waals surface area contributed by atoms with Crippen LogP contribution in [0.25, 0.3) is 0 Å². The highest BCUT2D eigenvalue weighted by Crippen LogP contribution is 2.39. The molecule has 2 amide bonds. The first-order chi connectivity index (χ1) is 22.2. The zero-order valence-corrected chi connectivity index (χ0v) is 25.9. The molecule has 4 heterocycles. The summed E-state index contributed by atoms with van der Waals surface area (Å²) < 4.78 is 0. The summed E-state index contributed by atoms with van der Waals surface area (Å²) >= 11 is 0. The number of hydrogen-bond donors (Lipinski definition) is 2. The van der Waals surface area contributed by atoms with E-state index < -0.39 is 0 Å². The van der Waals surface area contributed by atoms with Crippen molar-refractivity contribution in [1.29, 1.82) is 0 Å². The van der Waals surface area contributed by atoms with E-state index in [4.69, 9.17) is 0 Å². The van der Waals surface area contributed by atoms with Crippen molar-refractivity contribution in [3.8, 4) is 0 Å². The molecule has 1 fully saturated rings. The fourth-order valence-corrected chi connectivity index (χ4v) is 5.68. The second kappa shape index (κ2) is 15.2. The summed E-state index contributed by atoms with van der Waals surface area (Å²) in [6.45, 7) is 2.82. The van der Waals surface area contributed by atoms with Crippen LogP contribution in [-0.2, 0) is 44.9 Å². The second-order valence-electron chi connectivity index (χ2n) is 11.6. The van der Waals surface area contributed by atoms with Crippen LogP contribution in [-0.4, -0.2) is 53.7 Å². The van der Waals surface area contributed by atoms with Crippen molar-refractivity contribution in [2.75, 3.05) is 10.6 Å². The van der Waals surface area contributed by atoms with Gasteiger partial charge in [0.2, 0.25) is 11.8 Å². The lowest BCUT2D eigenvalue weighted by Crippen LogP contribution is -2.17. The van der Waals surface area contributed by atoms with Crippen molar-refractivity contribution < 1.29 is 19.2 Å². The summed E-state index contributed by atoms with van der Waals surface area (Å²) in [5, 5.41) is 22.9. The molecule has 4 aromatic heterocycles. The minimum absolute atomic E-state index is 0.0381. The van der Waals surface area contributed by atoms with Crippen molar-refractivity contribution >= 4 is 35.0 Å². The smallest absolute Gasteiger partial charge is 0.222 e. The van der Waals surface area contributed by atoms with E-state index in [1.165, 1.54) is 13.8 Å². The molecule has 0 aromatic carbocycles. The van der Waals surface area contributed by atoms with Crippen LogP contribution in [0.1, 0.15) is 85.5 Å². The predicted molar refractivity (Wildman–Crippen MR) is 170 cm³/mol. The number of nitrogens with zero attached hydrogens (tertiary/aromatic N) is 6. The Bertz CT molecular complexity index is 1580. The summed E-state index contributed by atoms with van der Waals surface area (Å²) in [5.41, 5.74) is 4.17. The van der Waals surface area contributed by atoms with Gasteiger partial charge in [-0.05, 0) is 67.8 Å². The summed E-state index contributed by atoms with van der Waals surface area (Å²) in [4.78, 5) is 56.5. The van der Waals surface area contributed by atoms with Crippen molar-refractivity contribution in [3.05, 3.63) is 94.8 Å². The van der Waals surface area contributed by atoms with E-state index in [1.54, 1.807) is 36.4 Å². The number of hydrogen-bond acceptors (Lipinski definition) is 10. The van der Waals surface area contributed by atoms with Crippen molar-refractivity contribution in [1.82, 2.24) is 30.4 Å². The Hall–Kier alpha value is -5.26. The molecule has 0 radical (unpaired) electrons. The standard InChI is InChI=1S/C34H36N8O4/c1-21(43)35-33-10-4-8-25(37-33)17-29(45)19-27-12-14-31(41-39-27)23-6-3-7-24(16-23)32-15-13-28(40-42-32)20-30(46)18-26-9-5-11-34(38-26)36-22(2)44/h4-5,8-15,23-24H,3,6-7,16-20H2,1-2H3,(H,35,37,43)(H,36,38,44)/t23-,24-/m0/s1.